The molecule has 1 atom stereocenters. The number of halogens is 1. The summed E-state index contributed by atoms with van der Waals surface area (Å²) in [6.07, 6.45) is 1.96. The zero-order chi connectivity index (χ0) is 17.8. The number of hydrogen-bond acceptors (Lipinski definition) is 1. The molecule has 130 valence electrons. The van der Waals surface area contributed by atoms with Crippen LogP contribution in [0.2, 0.25) is 0 Å². The molecule has 1 unspecified atom stereocenters. The van der Waals surface area contributed by atoms with Gasteiger partial charge in [0, 0.05) is 35.6 Å². The van der Waals surface area contributed by atoms with Gasteiger partial charge in [-0.05, 0) is 43.2 Å². The molecule has 0 saturated carbocycles. The zero-order valence-corrected chi connectivity index (χ0v) is 14.3. The number of amides is 2. The van der Waals surface area contributed by atoms with E-state index in [0.29, 0.717) is 6.54 Å². The quantitative estimate of drug-likeness (QED) is 0.643. The van der Waals surface area contributed by atoms with Gasteiger partial charge < -0.3 is 15.6 Å². The summed E-state index contributed by atoms with van der Waals surface area (Å²) >= 11 is 0. The average molecular weight is 339 g/mol. The molecule has 1 heterocycles. The number of rotatable bonds is 5. The Balaban J connectivity index is 1.91. The van der Waals surface area contributed by atoms with Crippen LogP contribution < -0.4 is 10.6 Å². The second kappa shape index (κ2) is 7.38. The molecule has 3 rings (SSSR count). The van der Waals surface area contributed by atoms with Crippen molar-refractivity contribution < 1.29 is 9.18 Å². The van der Waals surface area contributed by atoms with Gasteiger partial charge in [-0.2, -0.15) is 0 Å². The van der Waals surface area contributed by atoms with Crippen molar-refractivity contribution in [2.75, 3.05) is 6.54 Å². The molecule has 3 aromatic rings. The topological polar surface area (TPSA) is 56.9 Å². The highest BCUT2D eigenvalue weighted by atomic mass is 19.1. The number of para-hydroxylation sites is 1. The van der Waals surface area contributed by atoms with E-state index in [1.165, 1.54) is 12.1 Å². The molecule has 0 saturated heterocycles. The molecule has 4 nitrogen and oxygen atoms in total. The first-order chi connectivity index (χ1) is 12.0. The van der Waals surface area contributed by atoms with Crippen LogP contribution in [0.5, 0.6) is 0 Å². The third kappa shape index (κ3) is 3.99. The molecule has 0 aliphatic heterocycles. The molecule has 2 amide bonds. The minimum Gasteiger partial charge on any atom is -0.361 e. The molecular weight excluding hydrogens is 317 g/mol. The average Bonchev–Trinajstić information content (AvgIpc) is 3.00. The van der Waals surface area contributed by atoms with Gasteiger partial charge in [0.15, 0.2) is 0 Å². The number of aromatic amines is 1. The van der Waals surface area contributed by atoms with Gasteiger partial charge in [0.1, 0.15) is 5.82 Å². The van der Waals surface area contributed by atoms with E-state index in [0.717, 1.165) is 22.0 Å². The van der Waals surface area contributed by atoms with Gasteiger partial charge in [-0.25, -0.2) is 9.18 Å². The van der Waals surface area contributed by atoms with E-state index in [-0.39, 0.29) is 23.8 Å². The van der Waals surface area contributed by atoms with Crippen LogP contribution in [0.1, 0.15) is 30.9 Å². The summed E-state index contributed by atoms with van der Waals surface area (Å²) in [5, 5.41) is 6.85. The van der Waals surface area contributed by atoms with Crippen molar-refractivity contribution in [1.29, 1.82) is 0 Å². The maximum atomic E-state index is 13.3. The van der Waals surface area contributed by atoms with Crippen LogP contribution in [0.15, 0.2) is 54.7 Å². The van der Waals surface area contributed by atoms with Crippen molar-refractivity contribution in [3.8, 4) is 0 Å². The Labute approximate surface area is 146 Å². The van der Waals surface area contributed by atoms with Gasteiger partial charge in [0.25, 0.3) is 0 Å². The Kier molecular flexibility index (Phi) is 5.03. The molecule has 5 heteroatoms. The number of carbonyl (C=O) groups excluding carboxylic acids is 1. The predicted molar refractivity (Wildman–Crippen MR) is 98.2 cm³/mol. The van der Waals surface area contributed by atoms with Crippen molar-refractivity contribution in [2.24, 2.45) is 0 Å². The Hall–Kier alpha value is -2.82. The SMILES string of the molecule is CC(C)NC(=O)NCC(c1ccc(F)cc1)c1c[nH]c2ccccc12. The summed E-state index contributed by atoms with van der Waals surface area (Å²) in [5.74, 6) is -0.346. The Morgan fingerprint density at radius 2 is 1.84 bits per heavy atom. The van der Waals surface area contributed by atoms with E-state index in [1.807, 2.05) is 44.3 Å². The van der Waals surface area contributed by atoms with E-state index in [2.05, 4.69) is 15.6 Å². The summed E-state index contributed by atoms with van der Waals surface area (Å²) in [5.41, 5.74) is 3.07. The van der Waals surface area contributed by atoms with Gasteiger partial charge in [-0.3, -0.25) is 0 Å². The molecule has 3 N–H and O–H groups in total. The van der Waals surface area contributed by atoms with Gasteiger partial charge in [-0.1, -0.05) is 30.3 Å². The van der Waals surface area contributed by atoms with Crippen LogP contribution in [0.25, 0.3) is 10.9 Å². The maximum Gasteiger partial charge on any atom is 0.315 e. The van der Waals surface area contributed by atoms with E-state index in [9.17, 15) is 9.18 Å². The second-order valence-electron chi connectivity index (χ2n) is 6.40. The Morgan fingerprint density at radius 3 is 2.56 bits per heavy atom. The van der Waals surface area contributed by atoms with Crippen LogP contribution in [-0.4, -0.2) is 23.6 Å². The summed E-state index contributed by atoms with van der Waals surface area (Å²) in [6.45, 7) is 4.25. The minimum absolute atomic E-state index is 0.0670. The lowest BCUT2D eigenvalue weighted by atomic mass is 9.91. The lowest BCUT2D eigenvalue weighted by Gasteiger charge is -2.19. The van der Waals surface area contributed by atoms with E-state index in [4.69, 9.17) is 0 Å². The number of benzene rings is 2. The highest BCUT2D eigenvalue weighted by molar-refractivity contribution is 5.84. The molecule has 2 aromatic carbocycles. The van der Waals surface area contributed by atoms with E-state index in [1.54, 1.807) is 12.1 Å². The summed E-state index contributed by atoms with van der Waals surface area (Å²) in [7, 11) is 0. The summed E-state index contributed by atoms with van der Waals surface area (Å²) in [6, 6.07) is 14.3. The molecule has 0 spiro atoms. The van der Waals surface area contributed by atoms with Crippen LogP contribution in [0, 0.1) is 5.82 Å². The van der Waals surface area contributed by atoms with Crippen LogP contribution in [0.3, 0.4) is 0 Å². The number of aromatic nitrogens is 1. The van der Waals surface area contributed by atoms with Crippen molar-refractivity contribution >= 4 is 16.9 Å². The van der Waals surface area contributed by atoms with Crippen LogP contribution in [-0.2, 0) is 0 Å². The van der Waals surface area contributed by atoms with E-state index >= 15 is 0 Å². The number of hydrogen-bond donors (Lipinski definition) is 3. The van der Waals surface area contributed by atoms with Crippen molar-refractivity contribution in [3.63, 3.8) is 0 Å². The number of H-pyrrole nitrogens is 1. The lowest BCUT2D eigenvalue weighted by molar-refractivity contribution is 0.238. The third-order valence-corrected chi connectivity index (χ3v) is 4.16. The standard InChI is InChI=1S/C20H22FN3O/c1-13(2)24-20(25)23-11-17(14-7-9-15(21)10-8-14)18-12-22-19-6-4-3-5-16(18)19/h3-10,12-13,17,22H,11H2,1-2H3,(H2,23,24,25). The molecule has 0 fully saturated rings. The fourth-order valence-corrected chi connectivity index (χ4v) is 2.99. The normalized spacial score (nSPS) is 12.3. The second-order valence-corrected chi connectivity index (χ2v) is 6.40. The van der Waals surface area contributed by atoms with Gasteiger partial charge >= 0.3 is 6.03 Å². The zero-order valence-electron chi connectivity index (χ0n) is 14.3. The third-order valence-electron chi connectivity index (χ3n) is 4.16. The summed E-state index contributed by atoms with van der Waals surface area (Å²) in [4.78, 5) is 15.3. The number of carbonyl (C=O) groups is 1. The Bertz CT molecular complexity index is 855. The fraction of sp³-hybridized carbons (Fsp3) is 0.250. The van der Waals surface area contributed by atoms with Crippen LogP contribution >= 0.6 is 0 Å². The first-order valence-electron chi connectivity index (χ1n) is 8.40. The molecule has 0 bridgehead atoms. The molecule has 0 aliphatic carbocycles. The first kappa shape index (κ1) is 17.0. The van der Waals surface area contributed by atoms with E-state index < -0.39 is 0 Å². The van der Waals surface area contributed by atoms with Crippen molar-refractivity contribution in [1.82, 2.24) is 15.6 Å². The predicted octanol–water partition coefficient (Wildman–Crippen LogP) is 4.15. The lowest BCUT2D eigenvalue weighted by Crippen LogP contribution is -2.41. The smallest absolute Gasteiger partial charge is 0.315 e. The molecular formula is C20H22FN3O. The fourth-order valence-electron chi connectivity index (χ4n) is 2.99. The Morgan fingerprint density at radius 1 is 1.12 bits per heavy atom. The van der Waals surface area contributed by atoms with Gasteiger partial charge in [-0.15, -0.1) is 0 Å². The number of fused-ring (bicyclic) bond motifs is 1. The highest BCUT2D eigenvalue weighted by Crippen LogP contribution is 2.30. The van der Waals surface area contributed by atoms with Crippen molar-refractivity contribution in [3.05, 3.63) is 71.7 Å². The minimum atomic E-state index is -0.271. The van der Waals surface area contributed by atoms with Crippen molar-refractivity contribution in [2.45, 2.75) is 25.8 Å². The first-order valence-corrected chi connectivity index (χ1v) is 8.40. The highest BCUT2D eigenvalue weighted by Gasteiger charge is 2.19. The molecule has 25 heavy (non-hydrogen) atoms. The van der Waals surface area contributed by atoms with Crippen LogP contribution in [0.4, 0.5) is 9.18 Å². The number of nitrogens with one attached hydrogen (secondary N) is 3. The molecule has 0 aliphatic rings. The van der Waals surface area contributed by atoms with Gasteiger partial charge in [0.2, 0.25) is 0 Å². The maximum absolute atomic E-state index is 13.3. The largest absolute Gasteiger partial charge is 0.361 e. The monoisotopic (exact) mass is 339 g/mol. The molecule has 1 aromatic heterocycles. The molecule has 0 radical (unpaired) electrons. The summed E-state index contributed by atoms with van der Waals surface area (Å²) < 4.78 is 13.3. The van der Waals surface area contributed by atoms with Gasteiger partial charge in [0.05, 0.1) is 0 Å². The number of urea groups is 1.